The number of aromatic nitrogens is 2. The monoisotopic (exact) mass is 333 g/mol. The Morgan fingerprint density at radius 2 is 2.14 bits per heavy atom. The number of nitrogens with zero attached hydrogens (tertiary/aromatic N) is 2. The van der Waals surface area contributed by atoms with E-state index in [4.69, 9.17) is 16.3 Å². The summed E-state index contributed by atoms with van der Waals surface area (Å²) in [5.74, 6) is 0.449. The molecule has 0 aliphatic carbocycles. The Kier molecular flexibility index (Phi) is 3.96. The first-order chi connectivity index (χ1) is 10.6. The van der Waals surface area contributed by atoms with Crippen LogP contribution in [0.1, 0.15) is 15.9 Å². The number of benzene rings is 1. The average molecular weight is 334 g/mol. The second-order valence-electron chi connectivity index (χ2n) is 4.68. The molecule has 0 radical (unpaired) electrons. The van der Waals surface area contributed by atoms with Crippen LogP contribution in [0.5, 0.6) is 5.75 Å². The Bertz CT molecular complexity index is 863. The molecule has 0 unspecified atom stereocenters. The molecule has 0 atom stereocenters. The summed E-state index contributed by atoms with van der Waals surface area (Å²) in [6.45, 7) is 1.94. The van der Waals surface area contributed by atoms with Crippen LogP contribution in [0.3, 0.4) is 0 Å². The minimum atomic E-state index is -0.242. The van der Waals surface area contributed by atoms with E-state index < -0.39 is 0 Å². The lowest BCUT2D eigenvalue weighted by molar-refractivity contribution is 0.102. The van der Waals surface area contributed by atoms with Gasteiger partial charge in [-0.1, -0.05) is 11.6 Å². The van der Waals surface area contributed by atoms with Gasteiger partial charge in [0.2, 0.25) is 0 Å². The Morgan fingerprint density at radius 3 is 2.91 bits per heavy atom. The molecule has 3 aromatic rings. The third kappa shape index (κ3) is 2.75. The molecule has 2 heterocycles. The van der Waals surface area contributed by atoms with Crippen molar-refractivity contribution in [2.24, 2.45) is 0 Å². The van der Waals surface area contributed by atoms with Gasteiger partial charge in [0.1, 0.15) is 17.2 Å². The lowest BCUT2D eigenvalue weighted by atomic mass is 10.2. The number of fused-ring (bicyclic) bond motifs is 1. The van der Waals surface area contributed by atoms with E-state index in [2.05, 4.69) is 15.3 Å². The van der Waals surface area contributed by atoms with E-state index in [0.29, 0.717) is 32.4 Å². The van der Waals surface area contributed by atoms with Gasteiger partial charge < -0.3 is 10.1 Å². The number of ether oxygens (including phenoxy) is 1. The maximum Gasteiger partial charge on any atom is 0.258 e. The van der Waals surface area contributed by atoms with E-state index >= 15 is 0 Å². The normalized spacial score (nSPS) is 10.7. The number of anilines is 1. The van der Waals surface area contributed by atoms with E-state index in [0.717, 1.165) is 5.56 Å². The fourth-order valence-electron chi connectivity index (χ4n) is 2.12. The van der Waals surface area contributed by atoms with Crippen molar-refractivity contribution >= 4 is 44.7 Å². The second kappa shape index (κ2) is 5.90. The SMILES string of the molecule is COc1cc(C)cc(NC(=O)c2csc3c(Cl)ncnc23)c1. The summed E-state index contributed by atoms with van der Waals surface area (Å²) in [6.07, 6.45) is 1.35. The molecule has 22 heavy (non-hydrogen) atoms. The highest BCUT2D eigenvalue weighted by Crippen LogP contribution is 2.29. The third-order valence-electron chi connectivity index (χ3n) is 3.10. The maximum absolute atomic E-state index is 12.5. The van der Waals surface area contributed by atoms with Gasteiger partial charge in [-0.25, -0.2) is 9.97 Å². The molecule has 0 saturated carbocycles. The van der Waals surface area contributed by atoms with Crippen molar-refractivity contribution in [2.75, 3.05) is 12.4 Å². The predicted octanol–water partition coefficient (Wildman–Crippen LogP) is 3.91. The highest BCUT2D eigenvalue weighted by Gasteiger charge is 2.16. The molecule has 1 N–H and O–H groups in total. The number of hydrogen-bond donors (Lipinski definition) is 1. The fourth-order valence-corrected chi connectivity index (χ4v) is 3.27. The van der Waals surface area contributed by atoms with Crippen LogP contribution in [-0.2, 0) is 0 Å². The van der Waals surface area contributed by atoms with Gasteiger partial charge in [0, 0.05) is 17.1 Å². The number of amides is 1. The number of nitrogens with one attached hydrogen (secondary N) is 1. The molecule has 0 aliphatic heterocycles. The highest BCUT2D eigenvalue weighted by molar-refractivity contribution is 7.18. The summed E-state index contributed by atoms with van der Waals surface area (Å²) in [6, 6.07) is 5.53. The fraction of sp³-hybridized carbons (Fsp3) is 0.133. The molecule has 5 nitrogen and oxygen atoms in total. The van der Waals surface area contributed by atoms with Crippen molar-refractivity contribution in [3.8, 4) is 5.75 Å². The predicted molar refractivity (Wildman–Crippen MR) is 88.1 cm³/mol. The highest BCUT2D eigenvalue weighted by atomic mass is 35.5. The number of hydrogen-bond acceptors (Lipinski definition) is 5. The summed E-state index contributed by atoms with van der Waals surface area (Å²) in [7, 11) is 1.59. The summed E-state index contributed by atoms with van der Waals surface area (Å²) < 4.78 is 5.91. The lowest BCUT2D eigenvalue weighted by Crippen LogP contribution is -2.11. The van der Waals surface area contributed by atoms with E-state index in [1.807, 2.05) is 19.1 Å². The molecule has 7 heteroatoms. The number of halogens is 1. The second-order valence-corrected chi connectivity index (χ2v) is 5.92. The first kappa shape index (κ1) is 14.7. The smallest absolute Gasteiger partial charge is 0.258 e. The first-order valence-corrected chi connectivity index (χ1v) is 7.69. The Balaban J connectivity index is 1.94. The van der Waals surface area contributed by atoms with Crippen molar-refractivity contribution in [3.63, 3.8) is 0 Å². The first-order valence-electron chi connectivity index (χ1n) is 6.43. The van der Waals surface area contributed by atoms with Gasteiger partial charge in [0.15, 0.2) is 0 Å². The molecular formula is C15H12ClN3O2S. The zero-order valence-electron chi connectivity index (χ0n) is 11.9. The zero-order chi connectivity index (χ0) is 15.7. The number of carbonyl (C=O) groups is 1. The lowest BCUT2D eigenvalue weighted by Gasteiger charge is -2.08. The molecule has 1 amide bonds. The van der Waals surface area contributed by atoms with Crippen LogP contribution >= 0.6 is 22.9 Å². The molecular weight excluding hydrogens is 322 g/mol. The molecule has 0 fully saturated rings. The Labute approximate surface area is 135 Å². The topological polar surface area (TPSA) is 64.1 Å². The van der Waals surface area contributed by atoms with Crippen molar-refractivity contribution in [2.45, 2.75) is 6.92 Å². The van der Waals surface area contributed by atoms with E-state index in [9.17, 15) is 4.79 Å². The standard InChI is InChI=1S/C15H12ClN3O2S/c1-8-3-9(5-10(4-8)21-2)19-15(20)11-6-22-13-12(11)17-7-18-14(13)16/h3-7H,1-2H3,(H,19,20). The van der Waals surface area contributed by atoms with Crippen molar-refractivity contribution in [1.82, 2.24) is 9.97 Å². The van der Waals surface area contributed by atoms with Gasteiger partial charge in [-0.15, -0.1) is 11.3 Å². The quantitative estimate of drug-likeness (QED) is 0.738. The summed E-state index contributed by atoms with van der Waals surface area (Å²) in [5.41, 5.74) is 2.70. The van der Waals surface area contributed by atoms with Gasteiger partial charge >= 0.3 is 0 Å². The molecule has 0 spiro atoms. The van der Waals surface area contributed by atoms with Gasteiger partial charge in [-0.2, -0.15) is 0 Å². The largest absolute Gasteiger partial charge is 0.497 e. The maximum atomic E-state index is 12.5. The van der Waals surface area contributed by atoms with Crippen LogP contribution in [0.4, 0.5) is 5.69 Å². The van der Waals surface area contributed by atoms with Gasteiger partial charge in [0.05, 0.1) is 22.9 Å². The van der Waals surface area contributed by atoms with E-state index in [1.54, 1.807) is 18.6 Å². The van der Waals surface area contributed by atoms with Crippen LogP contribution in [0.15, 0.2) is 29.9 Å². The Hall–Kier alpha value is -2.18. The number of aryl methyl sites for hydroxylation is 1. The Morgan fingerprint density at radius 1 is 1.32 bits per heavy atom. The molecule has 1 aromatic carbocycles. The van der Waals surface area contributed by atoms with Crippen LogP contribution in [-0.4, -0.2) is 23.0 Å². The van der Waals surface area contributed by atoms with Gasteiger partial charge in [-0.05, 0) is 24.6 Å². The number of rotatable bonds is 3. The minimum Gasteiger partial charge on any atom is -0.497 e. The van der Waals surface area contributed by atoms with Crippen LogP contribution in [0.2, 0.25) is 5.15 Å². The van der Waals surface area contributed by atoms with Crippen LogP contribution in [0, 0.1) is 6.92 Å². The zero-order valence-corrected chi connectivity index (χ0v) is 13.5. The molecule has 0 bridgehead atoms. The minimum absolute atomic E-state index is 0.242. The van der Waals surface area contributed by atoms with Crippen molar-refractivity contribution < 1.29 is 9.53 Å². The van der Waals surface area contributed by atoms with E-state index in [1.165, 1.54) is 17.7 Å². The molecule has 112 valence electrons. The summed E-state index contributed by atoms with van der Waals surface area (Å²) in [5, 5.41) is 4.94. The molecule has 3 rings (SSSR count). The molecule has 2 aromatic heterocycles. The number of thiophene rings is 1. The van der Waals surface area contributed by atoms with E-state index in [-0.39, 0.29) is 5.91 Å². The third-order valence-corrected chi connectivity index (χ3v) is 4.47. The summed E-state index contributed by atoms with van der Waals surface area (Å²) in [4.78, 5) is 20.5. The van der Waals surface area contributed by atoms with Crippen molar-refractivity contribution in [3.05, 3.63) is 46.2 Å². The number of methoxy groups -OCH3 is 1. The average Bonchev–Trinajstić information content (AvgIpc) is 2.92. The summed E-state index contributed by atoms with van der Waals surface area (Å²) >= 11 is 7.35. The van der Waals surface area contributed by atoms with Crippen LogP contribution < -0.4 is 10.1 Å². The van der Waals surface area contributed by atoms with Gasteiger partial charge in [0.25, 0.3) is 5.91 Å². The number of carbonyl (C=O) groups excluding carboxylic acids is 1. The molecule has 0 aliphatic rings. The molecule has 0 saturated heterocycles. The van der Waals surface area contributed by atoms with Gasteiger partial charge in [-0.3, -0.25) is 4.79 Å². The van der Waals surface area contributed by atoms with Crippen molar-refractivity contribution in [1.29, 1.82) is 0 Å². The van der Waals surface area contributed by atoms with Crippen LogP contribution in [0.25, 0.3) is 10.2 Å².